The normalized spacial score (nSPS) is 12.1. The number of aryl methyl sites for hydroxylation is 1. The molecule has 2 heterocycles. The number of ether oxygens (including phenoxy) is 2. The number of amides is 1. The largest absolute Gasteiger partial charge is 0.493 e. The summed E-state index contributed by atoms with van der Waals surface area (Å²) in [6, 6.07) is 12.7. The number of nitrogens with zero attached hydrogens (tertiary/aromatic N) is 2. The van der Waals surface area contributed by atoms with Crippen molar-refractivity contribution in [3.05, 3.63) is 64.1 Å². The van der Waals surface area contributed by atoms with Crippen LogP contribution in [0.25, 0.3) is 20.2 Å². The van der Waals surface area contributed by atoms with Crippen LogP contribution in [-0.4, -0.2) is 29.4 Å². The molecule has 2 aromatic carbocycles. The van der Waals surface area contributed by atoms with Gasteiger partial charge in [-0.2, -0.15) is 5.10 Å². The van der Waals surface area contributed by atoms with Crippen LogP contribution in [0.3, 0.4) is 0 Å². The van der Waals surface area contributed by atoms with E-state index in [2.05, 4.69) is 10.4 Å². The Hall–Kier alpha value is -3.39. The Morgan fingerprint density at radius 2 is 1.97 bits per heavy atom. The second-order valence-electron chi connectivity index (χ2n) is 7.70. The van der Waals surface area contributed by atoms with Crippen molar-refractivity contribution < 1.29 is 14.3 Å². The molecule has 0 fully saturated rings. The van der Waals surface area contributed by atoms with Crippen molar-refractivity contribution in [1.29, 1.82) is 0 Å². The molecule has 0 bridgehead atoms. The lowest BCUT2D eigenvalue weighted by atomic mass is 10.1. The highest BCUT2D eigenvalue weighted by Gasteiger charge is 2.24. The monoisotopic (exact) mass is 465 g/mol. The maximum atomic E-state index is 13.4. The third-order valence-electron chi connectivity index (χ3n) is 5.58. The molecule has 1 amide bonds. The number of nitrogens with one attached hydrogen (secondary N) is 1. The Morgan fingerprint density at radius 1 is 1.18 bits per heavy atom. The maximum Gasteiger partial charge on any atom is 0.276 e. The third kappa shape index (κ3) is 4.30. The summed E-state index contributed by atoms with van der Waals surface area (Å²) in [5.41, 5.74) is 1.38. The van der Waals surface area contributed by atoms with E-state index in [1.807, 2.05) is 63.2 Å². The average Bonchev–Trinajstić information content (AvgIpc) is 3.22. The fourth-order valence-electron chi connectivity index (χ4n) is 3.96. The summed E-state index contributed by atoms with van der Waals surface area (Å²) in [4.78, 5) is 26.5. The minimum absolute atomic E-state index is 0.238. The lowest BCUT2D eigenvalue weighted by Crippen LogP contribution is -2.38. The second-order valence-corrected chi connectivity index (χ2v) is 8.75. The molecule has 0 spiro atoms. The van der Waals surface area contributed by atoms with E-state index in [1.54, 1.807) is 18.4 Å². The zero-order chi connectivity index (χ0) is 23.5. The lowest BCUT2D eigenvalue weighted by molar-refractivity contribution is -0.125. The summed E-state index contributed by atoms with van der Waals surface area (Å²) in [6.07, 6.45) is 0.443. The van der Waals surface area contributed by atoms with Crippen molar-refractivity contribution in [2.75, 3.05) is 13.7 Å². The first-order valence-corrected chi connectivity index (χ1v) is 11.8. The van der Waals surface area contributed by atoms with E-state index in [4.69, 9.17) is 9.47 Å². The Balaban J connectivity index is 1.62. The number of thiophene rings is 1. The first kappa shape index (κ1) is 22.8. The lowest BCUT2D eigenvalue weighted by Gasteiger charge is -2.18. The van der Waals surface area contributed by atoms with Gasteiger partial charge in [0.2, 0.25) is 5.91 Å². The van der Waals surface area contributed by atoms with Crippen molar-refractivity contribution in [3.8, 4) is 11.5 Å². The number of hydrogen-bond acceptors (Lipinski definition) is 6. The quantitative estimate of drug-likeness (QED) is 0.411. The predicted octanol–water partition coefficient (Wildman–Crippen LogP) is 4.59. The second kappa shape index (κ2) is 9.62. The van der Waals surface area contributed by atoms with Gasteiger partial charge >= 0.3 is 0 Å². The minimum Gasteiger partial charge on any atom is -0.493 e. The molecule has 4 rings (SSSR count). The molecule has 1 unspecified atom stereocenters. The SMILES string of the molecule is CCOc1ccc(CNC(=O)C(CC)n2nc(C)c3sc4ccccc4c3c2=O)cc1OC. The Bertz CT molecular complexity index is 1380. The topological polar surface area (TPSA) is 82.5 Å². The maximum absolute atomic E-state index is 13.4. The summed E-state index contributed by atoms with van der Waals surface area (Å²) >= 11 is 1.56. The Labute approximate surface area is 195 Å². The summed E-state index contributed by atoms with van der Waals surface area (Å²) in [6.45, 7) is 6.51. The van der Waals surface area contributed by atoms with Crippen LogP contribution in [0.4, 0.5) is 0 Å². The number of aromatic nitrogens is 2. The molecule has 7 nitrogen and oxygen atoms in total. The summed E-state index contributed by atoms with van der Waals surface area (Å²) < 4.78 is 14.2. The molecular weight excluding hydrogens is 438 g/mol. The average molecular weight is 466 g/mol. The van der Waals surface area contributed by atoms with Crippen LogP contribution in [0, 0.1) is 6.92 Å². The van der Waals surface area contributed by atoms with Gasteiger partial charge in [0.05, 0.1) is 29.5 Å². The summed E-state index contributed by atoms with van der Waals surface area (Å²) in [7, 11) is 1.58. The van der Waals surface area contributed by atoms with Crippen LogP contribution < -0.4 is 20.3 Å². The smallest absolute Gasteiger partial charge is 0.276 e. The highest BCUT2D eigenvalue weighted by atomic mass is 32.1. The van der Waals surface area contributed by atoms with Crippen molar-refractivity contribution in [2.24, 2.45) is 0 Å². The van der Waals surface area contributed by atoms with Crippen molar-refractivity contribution in [2.45, 2.75) is 39.8 Å². The molecule has 0 aliphatic carbocycles. The van der Waals surface area contributed by atoms with Gasteiger partial charge in [0.15, 0.2) is 11.5 Å². The molecule has 0 aliphatic heterocycles. The molecule has 33 heavy (non-hydrogen) atoms. The van der Waals surface area contributed by atoms with Gasteiger partial charge in [0.25, 0.3) is 5.56 Å². The zero-order valence-corrected chi connectivity index (χ0v) is 20.0. The number of fused-ring (bicyclic) bond motifs is 3. The van der Waals surface area contributed by atoms with Crippen molar-refractivity contribution >= 4 is 37.4 Å². The number of carbonyl (C=O) groups excluding carboxylic acids is 1. The highest BCUT2D eigenvalue weighted by Crippen LogP contribution is 2.33. The molecule has 8 heteroatoms. The van der Waals surface area contributed by atoms with Crippen molar-refractivity contribution in [3.63, 3.8) is 0 Å². The summed E-state index contributed by atoms with van der Waals surface area (Å²) in [5.74, 6) is 1.02. The Kier molecular flexibility index (Phi) is 6.65. The van der Waals surface area contributed by atoms with E-state index in [1.165, 1.54) is 4.68 Å². The van der Waals surface area contributed by atoms with Gasteiger partial charge in [0, 0.05) is 16.6 Å². The van der Waals surface area contributed by atoms with Crippen LogP contribution in [0.1, 0.15) is 37.6 Å². The molecule has 0 aliphatic rings. The molecule has 0 saturated carbocycles. The van der Waals surface area contributed by atoms with Gasteiger partial charge < -0.3 is 14.8 Å². The number of benzene rings is 2. The molecule has 2 aromatic heterocycles. The minimum atomic E-state index is -0.705. The fraction of sp³-hybridized carbons (Fsp3) is 0.320. The van der Waals surface area contributed by atoms with Gasteiger partial charge in [-0.1, -0.05) is 31.2 Å². The molecule has 172 valence electrons. The standard InChI is InChI=1S/C25H27N3O4S/c1-5-18(24(29)26-14-16-11-12-19(32-6-2)20(13-16)31-4)28-25(30)22-17-9-7-8-10-21(17)33-23(22)15(3)27-28/h7-13,18H,5-6,14H2,1-4H3,(H,26,29). The number of rotatable bonds is 8. The van der Waals surface area contributed by atoms with E-state index in [-0.39, 0.29) is 11.5 Å². The first-order valence-electron chi connectivity index (χ1n) is 11.0. The predicted molar refractivity (Wildman–Crippen MR) is 131 cm³/mol. The number of carbonyl (C=O) groups is 1. The fourth-order valence-corrected chi connectivity index (χ4v) is 5.10. The Morgan fingerprint density at radius 3 is 2.70 bits per heavy atom. The molecule has 1 N–H and O–H groups in total. The van der Waals surface area contributed by atoms with E-state index < -0.39 is 6.04 Å². The van der Waals surface area contributed by atoms with Crippen molar-refractivity contribution in [1.82, 2.24) is 15.1 Å². The van der Waals surface area contributed by atoms with Crippen LogP contribution >= 0.6 is 11.3 Å². The van der Waals surface area contributed by atoms with Crippen LogP contribution in [0.5, 0.6) is 11.5 Å². The highest BCUT2D eigenvalue weighted by molar-refractivity contribution is 7.26. The van der Waals surface area contributed by atoms with E-state index in [0.29, 0.717) is 36.5 Å². The molecule has 1 atom stereocenters. The molecular formula is C25H27N3O4S. The van der Waals surface area contributed by atoms with Gasteiger partial charge in [-0.15, -0.1) is 11.3 Å². The van der Waals surface area contributed by atoms with Gasteiger partial charge in [0.1, 0.15) is 6.04 Å². The number of methoxy groups -OCH3 is 1. The molecule has 0 saturated heterocycles. The number of hydrogen-bond donors (Lipinski definition) is 1. The third-order valence-corrected chi connectivity index (χ3v) is 6.86. The van der Waals surface area contributed by atoms with Gasteiger partial charge in [-0.05, 0) is 44.0 Å². The van der Waals surface area contributed by atoms with E-state index in [9.17, 15) is 9.59 Å². The first-order chi connectivity index (χ1) is 16.0. The van der Waals surface area contributed by atoms with E-state index >= 15 is 0 Å². The molecule has 0 radical (unpaired) electrons. The van der Waals surface area contributed by atoms with Gasteiger partial charge in [-0.3, -0.25) is 9.59 Å². The zero-order valence-electron chi connectivity index (χ0n) is 19.2. The van der Waals surface area contributed by atoms with Gasteiger partial charge in [-0.25, -0.2) is 4.68 Å². The van der Waals surface area contributed by atoms with Crippen LogP contribution in [-0.2, 0) is 11.3 Å². The van der Waals surface area contributed by atoms with Crippen LogP contribution in [0.15, 0.2) is 47.3 Å². The molecule has 4 aromatic rings. The summed E-state index contributed by atoms with van der Waals surface area (Å²) in [5, 5.41) is 9.00. The van der Waals surface area contributed by atoms with Crippen LogP contribution in [0.2, 0.25) is 0 Å². The van der Waals surface area contributed by atoms with E-state index in [0.717, 1.165) is 26.0 Å².